The van der Waals surface area contributed by atoms with Crippen LogP contribution in [0.3, 0.4) is 0 Å². The van der Waals surface area contributed by atoms with Gasteiger partial charge in [0, 0.05) is 22.3 Å². The summed E-state index contributed by atoms with van der Waals surface area (Å²) in [6, 6.07) is 26.6. The Balaban J connectivity index is 1.76. The molecule has 2 aliphatic rings. The molecule has 0 saturated carbocycles. The second-order valence-electron chi connectivity index (χ2n) is 19.4. The van der Waals surface area contributed by atoms with Crippen LogP contribution in [0.25, 0.3) is 0 Å². The first-order valence-corrected chi connectivity index (χ1v) is 19.3. The van der Waals surface area contributed by atoms with Gasteiger partial charge in [0.2, 0.25) is 0 Å². The zero-order valence-corrected chi connectivity index (χ0v) is 34.8. The van der Waals surface area contributed by atoms with Gasteiger partial charge < -0.3 is 15.1 Å². The predicted molar refractivity (Wildman–Crippen MR) is 223 cm³/mol. The van der Waals surface area contributed by atoms with Crippen LogP contribution in [0.2, 0.25) is 0 Å². The van der Waals surface area contributed by atoms with Crippen molar-refractivity contribution in [2.45, 2.75) is 131 Å². The predicted octanol–water partition coefficient (Wildman–Crippen LogP) is 12.1. The molecule has 53 heavy (non-hydrogen) atoms. The third-order valence-electron chi connectivity index (χ3n) is 12.0. The number of hydrogen-bond acceptors (Lipinski definition) is 3. The summed E-state index contributed by atoms with van der Waals surface area (Å²) in [7, 11) is 0. The molecule has 0 saturated heterocycles. The summed E-state index contributed by atoms with van der Waals surface area (Å²) in [4.78, 5) is 2.35. The van der Waals surface area contributed by atoms with Crippen LogP contribution >= 0.6 is 0 Å². The van der Waals surface area contributed by atoms with E-state index < -0.39 is 11.2 Å². The molecule has 2 heterocycles. The molecule has 5 aromatic carbocycles. The summed E-state index contributed by atoms with van der Waals surface area (Å²) >= 11 is 0. The van der Waals surface area contributed by atoms with Crippen LogP contribution in [-0.4, -0.2) is 10.2 Å². The van der Waals surface area contributed by atoms with E-state index in [0.717, 1.165) is 89.4 Å². The Hall–Kier alpha value is -4.18. The van der Waals surface area contributed by atoms with Crippen molar-refractivity contribution in [1.29, 1.82) is 0 Å². The van der Waals surface area contributed by atoms with E-state index >= 15 is 0 Å². The number of rotatable bonds is 2. The first-order chi connectivity index (χ1) is 24.4. The number of anilines is 3. The fourth-order valence-electron chi connectivity index (χ4n) is 9.54. The Morgan fingerprint density at radius 2 is 0.717 bits per heavy atom. The normalized spacial score (nSPS) is 19.5. The van der Waals surface area contributed by atoms with Crippen molar-refractivity contribution < 1.29 is 10.2 Å². The average Bonchev–Trinajstić information content (AvgIpc) is 3.01. The number of fused-ring (bicyclic) bond motifs is 4. The number of aliphatic hydroxyl groups is 2. The minimum absolute atomic E-state index is 0.145. The largest absolute Gasteiger partial charge is 0.376 e. The van der Waals surface area contributed by atoms with E-state index in [1.54, 1.807) is 0 Å². The zero-order valence-electron chi connectivity index (χ0n) is 34.8. The lowest BCUT2D eigenvalue weighted by Crippen LogP contribution is -2.45. The molecule has 2 unspecified atom stereocenters. The van der Waals surface area contributed by atoms with Gasteiger partial charge in [-0.05, 0) is 144 Å². The van der Waals surface area contributed by atoms with Crippen LogP contribution in [0, 0.1) is 41.5 Å². The van der Waals surface area contributed by atoms with Gasteiger partial charge in [-0.25, -0.2) is 0 Å². The molecule has 276 valence electrons. The van der Waals surface area contributed by atoms with Crippen LogP contribution in [0.5, 0.6) is 0 Å². The van der Waals surface area contributed by atoms with E-state index in [9.17, 15) is 10.2 Å². The van der Waals surface area contributed by atoms with Crippen LogP contribution in [0.1, 0.15) is 146 Å². The van der Waals surface area contributed by atoms with Gasteiger partial charge in [-0.1, -0.05) is 110 Å². The Morgan fingerprint density at radius 3 is 1.02 bits per heavy atom. The Bertz CT molecular complexity index is 2140. The molecule has 0 aliphatic carbocycles. The third-order valence-corrected chi connectivity index (χ3v) is 12.0. The van der Waals surface area contributed by atoms with Crippen LogP contribution in [0.15, 0.2) is 72.8 Å². The fourth-order valence-corrected chi connectivity index (χ4v) is 9.54. The lowest BCUT2D eigenvalue weighted by Gasteiger charge is -2.51. The Kier molecular flexibility index (Phi) is 8.17. The van der Waals surface area contributed by atoms with Gasteiger partial charge in [-0.2, -0.15) is 0 Å². The van der Waals surface area contributed by atoms with Gasteiger partial charge in [0.15, 0.2) is 0 Å². The highest BCUT2D eigenvalue weighted by molar-refractivity contribution is 5.95. The minimum Gasteiger partial charge on any atom is -0.376 e. The molecule has 0 aromatic heterocycles. The van der Waals surface area contributed by atoms with Crippen molar-refractivity contribution in [2.24, 2.45) is 0 Å². The SMILES string of the molecule is Cc1cc(C)c(C2(O)c3cc(C(C)(C)C)ccc3N3c4ccc(C(C)(C)C)cc4C(O)(c4c(C)cc(C)cc4C)c4cc(C(C)(C)C)cc2c43)c(C)c1. The van der Waals surface area contributed by atoms with Gasteiger partial charge in [0.1, 0.15) is 11.2 Å². The number of nitrogens with zero attached hydrogens (tertiary/aromatic N) is 1. The van der Waals surface area contributed by atoms with Crippen molar-refractivity contribution in [3.05, 3.63) is 156 Å². The van der Waals surface area contributed by atoms with E-state index in [1.165, 1.54) is 11.1 Å². The standard InChI is InChI=1S/C50H59NO2/c1-28-20-30(3)43(31(4)21-28)49(52)37-24-34(46(7,8)9)16-18-41(37)51-42-19-17-35(47(10,11)12)25-38(42)50(53,44-32(5)22-29(2)23-33(44)6)40-27-36(48(13,14)15)26-39(49)45(40)51/h16-27,52-53H,1-15H3. The van der Waals surface area contributed by atoms with Crippen LogP contribution < -0.4 is 4.90 Å². The highest BCUT2D eigenvalue weighted by Crippen LogP contribution is 2.63. The summed E-state index contributed by atoms with van der Waals surface area (Å²) in [5.41, 5.74) is 14.2. The van der Waals surface area contributed by atoms with E-state index in [2.05, 4.69) is 182 Å². The summed E-state index contributed by atoms with van der Waals surface area (Å²) in [5.74, 6) is 0. The summed E-state index contributed by atoms with van der Waals surface area (Å²) in [6.07, 6.45) is 0. The van der Waals surface area contributed by atoms with Gasteiger partial charge in [0.05, 0.1) is 17.1 Å². The number of benzene rings is 5. The molecule has 3 nitrogen and oxygen atoms in total. The highest BCUT2D eigenvalue weighted by Gasteiger charge is 2.54. The molecule has 0 radical (unpaired) electrons. The Morgan fingerprint density at radius 1 is 0.415 bits per heavy atom. The third kappa shape index (κ3) is 5.44. The van der Waals surface area contributed by atoms with E-state index in [4.69, 9.17) is 0 Å². The molecule has 2 atom stereocenters. The van der Waals surface area contributed by atoms with E-state index in [0.29, 0.717) is 0 Å². The fraction of sp³-hybridized carbons (Fsp3) is 0.400. The van der Waals surface area contributed by atoms with Gasteiger partial charge >= 0.3 is 0 Å². The van der Waals surface area contributed by atoms with Gasteiger partial charge in [0.25, 0.3) is 0 Å². The molecule has 2 N–H and O–H groups in total. The van der Waals surface area contributed by atoms with Crippen molar-refractivity contribution in [3.8, 4) is 0 Å². The highest BCUT2D eigenvalue weighted by atomic mass is 16.3. The van der Waals surface area contributed by atoms with Crippen molar-refractivity contribution in [1.82, 2.24) is 0 Å². The minimum atomic E-state index is -1.51. The monoisotopic (exact) mass is 705 g/mol. The quantitative estimate of drug-likeness (QED) is 0.192. The molecule has 3 heteroatoms. The van der Waals surface area contributed by atoms with Gasteiger partial charge in [-0.15, -0.1) is 0 Å². The molecular weight excluding hydrogens is 647 g/mol. The molecule has 0 bridgehead atoms. The molecule has 2 aliphatic heterocycles. The van der Waals surface area contributed by atoms with E-state index in [-0.39, 0.29) is 16.2 Å². The summed E-state index contributed by atoms with van der Waals surface area (Å²) < 4.78 is 0. The second-order valence-corrected chi connectivity index (χ2v) is 19.4. The maximum Gasteiger partial charge on any atom is 0.145 e. The first kappa shape index (κ1) is 37.1. The Labute approximate surface area is 318 Å². The maximum absolute atomic E-state index is 14.1. The molecule has 7 rings (SSSR count). The molecule has 0 spiro atoms. The summed E-state index contributed by atoms with van der Waals surface area (Å²) in [5, 5.41) is 28.2. The molecule has 0 fully saturated rings. The van der Waals surface area contributed by atoms with Gasteiger partial charge in [-0.3, -0.25) is 0 Å². The van der Waals surface area contributed by atoms with Crippen LogP contribution in [0.4, 0.5) is 17.1 Å². The van der Waals surface area contributed by atoms with E-state index in [1.807, 2.05) is 0 Å². The van der Waals surface area contributed by atoms with Crippen molar-refractivity contribution in [2.75, 3.05) is 4.90 Å². The molecule has 5 aromatic rings. The average molecular weight is 706 g/mol. The summed E-state index contributed by atoms with van der Waals surface area (Å²) in [6.45, 7) is 32.9. The number of hydrogen-bond donors (Lipinski definition) is 2. The number of aryl methyl sites for hydroxylation is 6. The smallest absolute Gasteiger partial charge is 0.145 e. The van der Waals surface area contributed by atoms with Crippen LogP contribution in [-0.2, 0) is 27.4 Å². The van der Waals surface area contributed by atoms with Crippen molar-refractivity contribution >= 4 is 17.1 Å². The molecular formula is C50H59NO2. The maximum atomic E-state index is 14.1. The lowest BCUT2D eigenvalue weighted by atomic mass is 9.64. The second kappa shape index (κ2) is 11.7. The molecule has 0 amide bonds. The lowest BCUT2D eigenvalue weighted by molar-refractivity contribution is 0.114. The van der Waals surface area contributed by atoms with Crippen molar-refractivity contribution in [3.63, 3.8) is 0 Å². The topological polar surface area (TPSA) is 43.7 Å². The first-order valence-electron chi connectivity index (χ1n) is 19.3. The zero-order chi connectivity index (χ0) is 39.0.